The van der Waals surface area contributed by atoms with Crippen LogP contribution < -0.4 is 21.3 Å². The van der Waals surface area contributed by atoms with Gasteiger partial charge in [-0.1, -0.05) is 26.3 Å². The van der Waals surface area contributed by atoms with Crippen molar-refractivity contribution in [3.8, 4) is 0 Å². The molecule has 0 aliphatic carbocycles. The molecule has 12 heteroatoms. The van der Waals surface area contributed by atoms with E-state index in [1.165, 1.54) is 24.3 Å². The summed E-state index contributed by atoms with van der Waals surface area (Å²) in [4.78, 5) is 45.3. The van der Waals surface area contributed by atoms with Crippen LogP contribution in [0.3, 0.4) is 0 Å². The predicted molar refractivity (Wildman–Crippen MR) is 152 cm³/mol. The van der Waals surface area contributed by atoms with E-state index >= 15 is 0 Å². The van der Waals surface area contributed by atoms with Gasteiger partial charge >= 0.3 is 0 Å². The summed E-state index contributed by atoms with van der Waals surface area (Å²) in [7, 11) is 0. The third-order valence-electron chi connectivity index (χ3n) is 5.15. The van der Waals surface area contributed by atoms with Gasteiger partial charge in [0.1, 0.15) is 12.2 Å². The van der Waals surface area contributed by atoms with Crippen LogP contribution in [0.25, 0.3) is 0 Å². The average molecular weight is 567 g/mol. The molecule has 0 bridgehead atoms. The van der Waals surface area contributed by atoms with Crippen molar-refractivity contribution in [3.63, 3.8) is 0 Å². The molecule has 2 atom stereocenters. The van der Waals surface area contributed by atoms with Gasteiger partial charge in [0.05, 0.1) is 13.2 Å². The van der Waals surface area contributed by atoms with Crippen molar-refractivity contribution in [1.29, 1.82) is 0 Å². The molecule has 0 rings (SSSR count). The van der Waals surface area contributed by atoms with Gasteiger partial charge in [0.25, 0.3) is 0 Å². The van der Waals surface area contributed by atoms with Crippen LogP contribution in [0.2, 0.25) is 0 Å². The fourth-order valence-electron chi connectivity index (χ4n) is 3.02. The van der Waals surface area contributed by atoms with Crippen LogP contribution >= 0.6 is 0 Å². The first kappa shape index (κ1) is 36.7. The highest BCUT2D eigenvalue weighted by molar-refractivity contribution is 5.87. The van der Waals surface area contributed by atoms with E-state index in [-0.39, 0.29) is 36.8 Å². The highest BCUT2D eigenvalue weighted by atomic mass is 16.6. The van der Waals surface area contributed by atoms with E-state index in [0.29, 0.717) is 78.3 Å². The van der Waals surface area contributed by atoms with Crippen LogP contribution in [-0.2, 0) is 38.1 Å². The normalized spacial score (nSPS) is 11.9. The number of hydrogen-bond donors (Lipinski definition) is 4. The van der Waals surface area contributed by atoms with Gasteiger partial charge in [-0.25, -0.2) is 0 Å². The summed E-state index contributed by atoms with van der Waals surface area (Å²) in [5.74, 6) is -1.01. The Hall–Kier alpha value is -3.32. The van der Waals surface area contributed by atoms with Crippen LogP contribution in [0.15, 0.2) is 50.6 Å². The van der Waals surface area contributed by atoms with Crippen molar-refractivity contribution in [2.75, 3.05) is 65.8 Å². The number of amides is 4. The van der Waals surface area contributed by atoms with E-state index in [4.69, 9.17) is 18.9 Å². The van der Waals surface area contributed by atoms with E-state index in [1.54, 1.807) is 0 Å². The van der Waals surface area contributed by atoms with E-state index in [0.717, 1.165) is 0 Å². The molecule has 0 aromatic heterocycles. The Labute approximate surface area is 237 Å². The second-order valence-corrected chi connectivity index (χ2v) is 8.36. The number of carbonyl (C=O) groups excluding carboxylic acids is 4. The lowest BCUT2D eigenvalue weighted by atomic mass is 10.2. The first-order valence-electron chi connectivity index (χ1n) is 13.4. The molecule has 12 nitrogen and oxygen atoms in total. The van der Waals surface area contributed by atoms with Crippen molar-refractivity contribution in [2.24, 2.45) is 0 Å². The molecule has 0 saturated carbocycles. The van der Waals surface area contributed by atoms with Crippen molar-refractivity contribution < 1.29 is 38.1 Å². The second-order valence-electron chi connectivity index (χ2n) is 8.36. The molecule has 4 amide bonds. The maximum atomic E-state index is 11.4. The van der Waals surface area contributed by atoms with Crippen molar-refractivity contribution >= 4 is 23.6 Å². The second kappa shape index (κ2) is 25.9. The molecule has 0 unspecified atom stereocenters. The molecule has 0 spiro atoms. The Morgan fingerprint density at radius 1 is 0.500 bits per heavy atom. The Morgan fingerprint density at radius 3 is 1.05 bits per heavy atom. The first-order valence-corrected chi connectivity index (χ1v) is 13.4. The third kappa shape index (κ3) is 21.6. The smallest absolute Gasteiger partial charge is 0.243 e. The lowest BCUT2D eigenvalue weighted by Crippen LogP contribution is -2.40. The topological polar surface area (TPSA) is 153 Å². The third-order valence-corrected chi connectivity index (χ3v) is 5.15. The van der Waals surface area contributed by atoms with Crippen LogP contribution in [0.1, 0.15) is 25.7 Å². The minimum atomic E-state index is -0.485. The summed E-state index contributed by atoms with van der Waals surface area (Å²) >= 11 is 0. The maximum absolute atomic E-state index is 11.4. The standard InChI is InChI=1S/C28H46N4O8/c1-5-25(33)29-13-9-17-37-21-23(39-19-11-15-31-27(35)7-3)24(40-20-12-16-32-28(36)8-4)22-38-18-10-14-30-26(34)6-2/h5-8,23-24H,1-4,9-22H2,(H,29,33)(H,30,34)(H,31,35)(H,32,36)/t23-,24+. The Kier molecular flexibility index (Phi) is 23.8. The fourth-order valence-corrected chi connectivity index (χ4v) is 3.02. The van der Waals surface area contributed by atoms with Gasteiger partial charge in [0.15, 0.2) is 0 Å². The zero-order valence-corrected chi connectivity index (χ0v) is 23.5. The summed E-state index contributed by atoms with van der Waals surface area (Å²) in [6, 6.07) is 0. The van der Waals surface area contributed by atoms with Gasteiger partial charge in [-0.05, 0) is 50.0 Å². The monoisotopic (exact) mass is 566 g/mol. The number of rotatable bonds is 27. The van der Waals surface area contributed by atoms with E-state index in [1.807, 2.05) is 0 Å². The van der Waals surface area contributed by atoms with Crippen molar-refractivity contribution in [3.05, 3.63) is 50.6 Å². The molecule has 0 radical (unpaired) electrons. The zero-order valence-electron chi connectivity index (χ0n) is 23.5. The van der Waals surface area contributed by atoms with Gasteiger partial charge in [-0.15, -0.1) is 0 Å². The highest BCUT2D eigenvalue weighted by Gasteiger charge is 2.24. The fraction of sp³-hybridized carbons (Fsp3) is 0.571. The molecule has 0 heterocycles. The molecule has 40 heavy (non-hydrogen) atoms. The minimum Gasteiger partial charge on any atom is -0.379 e. The molecular weight excluding hydrogens is 520 g/mol. The average Bonchev–Trinajstić information content (AvgIpc) is 2.97. The van der Waals surface area contributed by atoms with Gasteiger partial charge in [0.2, 0.25) is 23.6 Å². The molecule has 0 aromatic carbocycles. The number of hydrogen-bond acceptors (Lipinski definition) is 8. The molecule has 226 valence electrons. The Bertz CT molecular complexity index is 726. The van der Waals surface area contributed by atoms with Crippen LogP contribution in [0, 0.1) is 0 Å². The SMILES string of the molecule is C=CC(=O)NCCCOC[C@H](OCCCNC(=O)C=C)[C@@H](COCCCNC(=O)C=C)OCCCNC(=O)C=C. The zero-order chi connectivity index (χ0) is 29.8. The molecule has 0 aliphatic heterocycles. The van der Waals surface area contributed by atoms with E-state index in [2.05, 4.69) is 47.6 Å². The minimum absolute atomic E-state index is 0.213. The lowest BCUT2D eigenvalue weighted by molar-refractivity contribution is -0.129. The number of carbonyl (C=O) groups is 4. The predicted octanol–water partition coefficient (Wildman–Crippen LogP) is 0.559. The van der Waals surface area contributed by atoms with Gasteiger partial charge < -0.3 is 40.2 Å². The summed E-state index contributed by atoms with van der Waals surface area (Å²) in [6.45, 7) is 17.3. The highest BCUT2D eigenvalue weighted by Crippen LogP contribution is 2.09. The largest absolute Gasteiger partial charge is 0.379 e. The first-order chi connectivity index (χ1) is 19.4. The van der Waals surface area contributed by atoms with E-state index in [9.17, 15) is 19.2 Å². The van der Waals surface area contributed by atoms with Crippen LogP contribution in [0.4, 0.5) is 0 Å². The molecule has 0 aromatic rings. The van der Waals surface area contributed by atoms with Crippen LogP contribution in [0.5, 0.6) is 0 Å². The van der Waals surface area contributed by atoms with Crippen molar-refractivity contribution in [1.82, 2.24) is 21.3 Å². The number of ether oxygens (including phenoxy) is 4. The lowest BCUT2D eigenvalue weighted by Gasteiger charge is -2.28. The summed E-state index contributed by atoms with van der Waals surface area (Å²) in [5, 5.41) is 10.8. The Morgan fingerprint density at radius 2 is 0.775 bits per heavy atom. The molecular formula is C28H46N4O8. The molecule has 0 aliphatic rings. The van der Waals surface area contributed by atoms with Crippen molar-refractivity contribution in [2.45, 2.75) is 37.9 Å². The summed E-state index contributed by atoms with van der Waals surface area (Å²) in [5.41, 5.74) is 0. The quantitative estimate of drug-likeness (QED) is 0.0831. The van der Waals surface area contributed by atoms with Gasteiger partial charge in [0, 0.05) is 52.6 Å². The summed E-state index contributed by atoms with van der Waals surface area (Å²) < 4.78 is 23.8. The molecule has 0 fully saturated rings. The van der Waals surface area contributed by atoms with Gasteiger partial charge in [-0.3, -0.25) is 19.2 Å². The molecule has 0 saturated heterocycles. The van der Waals surface area contributed by atoms with E-state index < -0.39 is 12.2 Å². The van der Waals surface area contributed by atoms with Crippen LogP contribution in [-0.4, -0.2) is 102 Å². The Balaban J connectivity index is 4.99. The number of nitrogens with one attached hydrogen (secondary N) is 4. The summed E-state index contributed by atoms with van der Waals surface area (Å²) in [6.07, 6.45) is 6.18. The van der Waals surface area contributed by atoms with Gasteiger partial charge in [-0.2, -0.15) is 0 Å². The maximum Gasteiger partial charge on any atom is 0.243 e. The molecule has 4 N–H and O–H groups in total.